The van der Waals surface area contributed by atoms with Crippen molar-refractivity contribution in [3.63, 3.8) is 0 Å². The van der Waals surface area contributed by atoms with Crippen LogP contribution in [-0.2, 0) is 33.3 Å². The van der Waals surface area contributed by atoms with Crippen LogP contribution in [0, 0.1) is 0 Å². The summed E-state index contributed by atoms with van der Waals surface area (Å²) >= 11 is 0. The zero-order valence-corrected chi connectivity index (χ0v) is 62.0. The highest BCUT2D eigenvalue weighted by Gasteiger charge is 2.22. The maximum absolute atomic E-state index is 13.0. The van der Waals surface area contributed by atoms with Gasteiger partial charge in [0.15, 0.2) is 12.4 Å². The number of carboxylic acids is 1. The molecule has 540 valence electrons. The number of nitrogens with zero attached hydrogens (tertiary/aromatic N) is 1. The van der Waals surface area contributed by atoms with E-state index in [0.29, 0.717) is 17.4 Å². The third-order valence-corrected chi connectivity index (χ3v) is 19.0. The van der Waals surface area contributed by atoms with E-state index in [1.54, 1.807) is 0 Å². The second-order valence-corrected chi connectivity index (χ2v) is 29.4. The highest BCUT2D eigenvalue weighted by atomic mass is 16.7. The summed E-state index contributed by atoms with van der Waals surface area (Å²) in [7, 11) is 5.96. The van der Waals surface area contributed by atoms with Crippen molar-refractivity contribution < 1.29 is 42.9 Å². The summed E-state index contributed by atoms with van der Waals surface area (Å²) < 4.78 is 22.9. The average Bonchev–Trinajstić information content (AvgIpc) is 3.46. The van der Waals surface area contributed by atoms with E-state index in [0.717, 1.165) is 38.5 Å². The Bertz CT molecular complexity index is 1500. The number of aliphatic carboxylic acids is 1. The number of esters is 2. The van der Waals surface area contributed by atoms with E-state index in [1.165, 1.54) is 372 Å². The topological polar surface area (TPSA) is 111 Å². The Morgan fingerprint density at radius 3 is 0.813 bits per heavy atom. The molecule has 0 fully saturated rings. The molecule has 0 heterocycles. The second kappa shape index (κ2) is 73.8. The monoisotopic (exact) mass is 1290 g/mol. The van der Waals surface area contributed by atoms with E-state index >= 15 is 0 Å². The van der Waals surface area contributed by atoms with Gasteiger partial charge in [0.25, 0.3) is 0 Å². The number of unbranched alkanes of at least 4 members (excludes halogenated alkanes) is 61. The fourth-order valence-corrected chi connectivity index (χ4v) is 12.8. The fourth-order valence-electron chi connectivity index (χ4n) is 12.8. The first kappa shape index (κ1) is 89.0. The first-order valence-electron chi connectivity index (χ1n) is 40.8. The Morgan fingerprint density at radius 1 is 0.319 bits per heavy atom. The maximum Gasteiger partial charge on any atom is 0.306 e. The molecular formula is C82H159NO8. The van der Waals surface area contributed by atoms with Gasteiger partial charge in [0.05, 0.1) is 40.3 Å². The number of allylic oxidation sites excluding steroid dienone is 2. The normalized spacial score (nSPS) is 12.6. The first-order chi connectivity index (χ1) is 44.6. The van der Waals surface area contributed by atoms with Gasteiger partial charge in [-0.2, -0.15) is 0 Å². The van der Waals surface area contributed by atoms with Crippen molar-refractivity contribution in [3.8, 4) is 0 Å². The zero-order chi connectivity index (χ0) is 66.1. The lowest BCUT2D eigenvalue weighted by Crippen LogP contribution is -2.44. The standard InChI is InChI=1S/C82H159NO8/c1-6-8-10-12-14-16-18-20-22-24-26-28-30-32-34-35-36-37-38-39-40-41-42-43-44-45-47-49-51-53-55-57-59-61-63-65-67-69-71-73-80(85)91-78(77-90-82(81(86)87)88-75-74-83(3,4)5)76-89-79(84)72-70-68-66-64-62-60-58-56-54-52-50-48-46-33-31-29-27-25-23-21-19-17-15-13-11-9-7-2/h24,26,78,82H,6-23,25,27-77H2,1-5H3/b26-24-. The Labute approximate surface area is 567 Å². The molecule has 2 unspecified atom stereocenters. The molecule has 9 heteroatoms. The van der Waals surface area contributed by atoms with Crippen LogP contribution in [0.4, 0.5) is 0 Å². The molecule has 0 aromatic heterocycles. The highest BCUT2D eigenvalue weighted by molar-refractivity contribution is 5.70. The second-order valence-electron chi connectivity index (χ2n) is 29.4. The van der Waals surface area contributed by atoms with Crippen molar-refractivity contribution >= 4 is 17.9 Å². The van der Waals surface area contributed by atoms with Crippen LogP contribution in [0.3, 0.4) is 0 Å². The number of hydrogen-bond acceptors (Lipinski definition) is 8. The van der Waals surface area contributed by atoms with Gasteiger partial charge in [-0.25, -0.2) is 0 Å². The number of carbonyl (C=O) groups is 3. The predicted octanol–water partition coefficient (Wildman–Crippen LogP) is 24.6. The maximum atomic E-state index is 13.0. The molecule has 0 aliphatic carbocycles. The van der Waals surface area contributed by atoms with Crippen LogP contribution in [0.15, 0.2) is 12.2 Å². The molecule has 0 aliphatic rings. The number of ether oxygens (including phenoxy) is 4. The molecule has 0 saturated carbocycles. The first-order valence-corrected chi connectivity index (χ1v) is 40.8. The van der Waals surface area contributed by atoms with Crippen molar-refractivity contribution in [1.29, 1.82) is 0 Å². The third-order valence-electron chi connectivity index (χ3n) is 19.0. The molecule has 0 aromatic rings. The molecular weight excluding hydrogens is 1130 g/mol. The van der Waals surface area contributed by atoms with Gasteiger partial charge in [-0.15, -0.1) is 0 Å². The lowest BCUT2D eigenvalue weighted by atomic mass is 10.0. The van der Waals surface area contributed by atoms with Gasteiger partial charge in [0.2, 0.25) is 0 Å². The van der Waals surface area contributed by atoms with Crippen LogP contribution in [0.2, 0.25) is 0 Å². The van der Waals surface area contributed by atoms with Gasteiger partial charge in [0, 0.05) is 12.8 Å². The highest BCUT2D eigenvalue weighted by Crippen LogP contribution is 2.21. The molecule has 0 N–H and O–H groups in total. The Hall–Kier alpha value is -1.97. The zero-order valence-electron chi connectivity index (χ0n) is 62.0. The van der Waals surface area contributed by atoms with Gasteiger partial charge in [-0.05, 0) is 38.5 Å². The molecule has 9 nitrogen and oxygen atoms in total. The molecule has 0 saturated heterocycles. The summed E-state index contributed by atoms with van der Waals surface area (Å²) in [4.78, 5) is 37.6. The van der Waals surface area contributed by atoms with Gasteiger partial charge in [0.1, 0.15) is 13.2 Å². The summed E-state index contributed by atoms with van der Waals surface area (Å²) in [5.74, 6) is -2.24. The number of hydrogen-bond donors (Lipinski definition) is 0. The van der Waals surface area contributed by atoms with Crippen molar-refractivity contribution in [2.24, 2.45) is 0 Å². The van der Waals surface area contributed by atoms with E-state index < -0.39 is 24.3 Å². The molecule has 0 amide bonds. The molecule has 0 rings (SSSR count). The minimum atomic E-state index is -1.62. The minimum absolute atomic E-state index is 0.153. The Morgan fingerprint density at radius 2 is 0.560 bits per heavy atom. The minimum Gasteiger partial charge on any atom is -0.545 e. The van der Waals surface area contributed by atoms with E-state index in [4.69, 9.17) is 18.9 Å². The third kappa shape index (κ3) is 75.3. The molecule has 0 aromatic carbocycles. The van der Waals surface area contributed by atoms with Gasteiger partial charge < -0.3 is 33.3 Å². The van der Waals surface area contributed by atoms with Crippen LogP contribution in [0.5, 0.6) is 0 Å². The van der Waals surface area contributed by atoms with Crippen LogP contribution in [0.25, 0.3) is 0 Å². The Kier molecular flexibility index (Phi) is 72.2. The number of rotatable bonds is 78. The molecule has 0 spiro atoms. The number of carboxylic acid groups (broad SMARTS) is 1. The molecule has 0 radical (unpaired) electrons. The lowest BCUT2D eigenvalue weighted by molar-refractivity contribution is -0.870. The Balaban J connectivity index is 3.92. The fraction of sp³-hybridized carbons (Fsp3) is 0.939. The molecule has 0 bridgehead atoms. The summed E-state index contributed by atoms with van der Waals surface area (Å²) in [5.41, 5.74) is 0. The number of carbonyl (C=O) groups excluding carboxylic acids is 3. The molecule has 2 atom stereocenters. The SMILES string of the molecule is CCCCCCCCCC/C=C\CCCCCCCCCCCCCCCCCCCCCCCCCCCCCC(=O)OC(COC(=O)CCCCCCCCCCCCCCCCCCCCCCCCCCCCC)COC(OCC[N+](C)(C)C)C(=O)[O-]. The molecule has 0 aliphatic heterocycles. The van der Waals surface area contributed by atoms with Crippen molar-refractivity contribution in [1.82, 2.24) is 0 Å². The summed E-state index contributed by atoms with van der Waals surface area (Å²) in [6.45, 7) is 4.85. The lowest BCUT2D eigenvalue weighted by Gasteiger charge is -2.26. The smallest absolute Gasteiger partial charge is 0.306 e. The van der Waals surface area contributed by atoms with Gasteiger partial charge >= 0.3 is 11.9 Å². The summed E-state index contributed by atoms with van der Waals surface area (Å²) in [6.07, 6.45) is 89.3. The van der Waals surface area contributed by atoms with Crippen LogP contribution < -0.4 is 5.11 Å². The largest absolute Gasteiger partial charge is 0.545 e. The predicted molar refractivity (Wildman–Crippen MR) is 390 cm³/mol. The average molecular weight is 1290 g/mol. The van der Waals surface area contributed by atoms with E-state index in [2.05, 4.69) is 26.0 Å². The molecule has 91 heavy (non-hydrogen) atoms. The van der Waals surface area contributed by atoms with Crippen molar-refractivity contribution in [3.05, 3.63) is 12.2 Å². The quantitative estimate of drug-likeness (QED) is 0.0195. The van der Waals surface area contributed by atoms with Crippen molar-refractivity contribution in [2.45, 2.75) is 450 Å². The van der Waals surface area contributed by atoms with Crippen LogP contribution in [-0.4, -0.2) is 82.3 Å². The van der Waals surface area contributed by atoms with Crippen LogP contribution in [0.1, 0.15) is 438 Å². The number of quaternary nitrogens is 1. The van der Waals surface area contributed by atoms with Crippen molar-refractivity contribution in [2.75, 3.05) is 47.5 Å². The van der Waals surface area contributed by atoms with E-state index in [9.17, 15) is 19.5 Å². The van der Waals surface area contributed by atoms with Crippen LogP contribution >= 0.6 is 0 Å². The van der Waals surface area contributed by atoms with Gasteiger partial charge in [-0.3, -0.25) is 9.59 Å². The number of likely N-dealkylation sites (N-methyl/N-ethyl adjacent to an activating group) is 1. The summed E-state index contributed by atoms with van der Waals surface area (Å²) in [5, 5.41) is 11.9. The van der Waals surface area contributed by atoms with Gasteiger partial charge in [-0.1, -0.05) is 398 Å². The summed E-state index contributed by atoms with van der Waals surface area (Å²) in [6, 6.07) is 0. The van der Waals surface area contributed by atoms with E-state index in [-0.39, 0.29) is 32.2 Å². The van der Waals surface area contributed by atoms with E-state index in [1.807, 2.05) is 21.1 Å².